The number of amides is 1. The predicted octanol–water partition coefficient (Wildman–Crippen LogP) is 2.76. The number of fused-ring (bicyclic) bond motifs is 1. The van der Waals surface area contributed by atoms with Gasteiger partial charge in [-0.15, -0.1) is 0 Å². The van der Waals surface area contributed by atoms with Gasteiger partial charge in [0, 0.05) is 19.2 Å². The molecular weight excluding hydrogens is 250 g/mol. The van der Waals surface area contributed by atoms with E-state index >= 15 is 0 Å². The van der Waals surface area contributed by atoms with Crippen LogP contribution >= 0.6 is 11.6 Å². The molecule has 96 valence electrons. The summed E-state index contributed by atoms with van der Waals surface area (Å²) in [6, 6.07) is 5.40. The Labute approximate surface area is 111 Å². The molecule has 2 aromatic rings. The van der Waals surface area contributed by atoms with Crippen molar-refractivity contribution in [2.75, 3.05) is 6.54 Å². The number of halogens is 1. The Balaban J connectivity index is 2.24. The number of nitrogens with zero attached hydrogens (tertiary/aromatic N) is 2. The number of carbonyl (C=O) groups excluding carboxylic acids is 1. The molecule has 4 nitrogen and oxygen atoms in total. The lowest BCUT2D eigenvalue weighted by Crippen LogP contribution is -2.24. The van der Waals surface area contributed by atoms with Crippen molar-refractivity contribution < 1.29 is 4.79 Å². The predicted molar refractivity (Wildman–Crippen MR) is 73.0 cm³/mol. The van der Waals surface area contributed by atoms with Crippen molar-refractivity contribution in [3.63, 3.8) is 0 Å². The van der Waals surface area contributed by atoms with Crippen molar-refractivity contribution in [2.24, 2.45) is 7.05 Å². The molecule has 0 bridgehead atoms. The lowest BCUT2D eigenvalue weighted by molar-refractivity contribution is 0.0953. The van der Waals surface area contributed by atoms with Gasteiger partial charge >= 0.3 is 0 Å². The van der Waals surface area contributed by atoms with E-state index in [0.29, 0.717) is 17.4 Å². The second-order valence-corrected chi connectivity index (χ2v) is 4.59. The molecule has 0 atom stereocenters. The molecule has 0 radical (unpaired) electrons. The first kappa shape index (κ1) is 12.9. The van der Waals surface area contributed by atoms with Crippen LogP contribution in [-0.2, 0) is 7.05 Å². The highest BCUT2D eigenvalue weighted by Gasteiger charge is 2.10. The highest BCUT2D eigenvalue weighted by molar-refractivity contribution is 6.29. The second kappa shape index (κ2) is 5.40. The van der Waals surface area contributed by atoms with E-state index in [-0.39, 0.29) is 5.91 Å². The molecule has 0 unspecified atom stereocenters. The lowest BCUT2D eigenvalue weighted by Gasteiger charge is -2.04. The van der Waals surface area contributed by atoms with E-state index < -0.39 is 0 Å². The van der Waals surface area contributed by atoms with Crippen LogP contribution in [0, 0.1) is 0 Å². The smallest absolute Gasteiger partial charge is 0.251 e. The Bertz CT molecular complexity index is 577. The normalized spacial score (nSPS) is 10.8. The van der Waals surface area contributed by atoms with Crippen LogP contribution in [0.25, 0.3) is 11.0 Å². The van der Waals surface area contributed by atoms with Gasteiger partial charge in [0.2, 0.25) is 5.28 Å². The van der Waals surface area contributed by atoms with Gasteiger partial charge in [-0.05, 0) is 36.2 Å². The monoisotopic (exact) mass is 265 g/mol. The molecular formula is C13H16ClN3O. The van der Waals surface area contributed by atoms with Crippen LogP contribution in [0.5, 0.6) is 0 Å². The Morgan fingerprint density at radius 2 is 2.28 bits per heavy atom. The van der Waals surface area contributed by atoms with E-state index in [0.717, 1.165) is 23.9 Å². The average molecular weight is 266 g/mol. The number of imidazole rings is 1. The molecule has 0 aliphatic carbocycles. The zero-order valence-electron chi connectivity index (χ0n) is 10.5. The van der Waals surface area contributed by atoms with Gasteiger partial charge in [-0.3, -0.25) is 4.79 Å². The first-order valence-electron chi connectivity index (χ1n) is 6.03. The van der Waals surface area contributed by atoms with E-state index in [1.807, 2.05) is 19.2 Å². The maximum atomic E-state index is 11.9. The summed E-state index contributed by atoms with van der Waals surface area (Å²) in [7, 11) is 1.83. The standard InChI is InChI=1S/C13H16ClN3O/c1-3-4-7-15-12(18)9-5-6-10-11(8-9)17(2)13(14)16-10/h5-6,8H,3-4,7H2,1-2H3,(H,15,18). The van der Waals surface area contributed by atoms with Gasteiger partial charge in [-0.25, -0.2) is 4.98 Å². The van der Waals surface area contributed by atoms with Gasteiger partial charge in [0.25, 0.3) is 5.91 Å². The summed E-state index contributed by atoms with van der Waals surface area (Å²) in [6.07, 6.45) is 2.06. The van der Waals surface area contributed by atoms with Gasteiger partial charge in [0.1, 0.15) is 0 Å². The Hall–Kier alpha value is -1.55. The van der Waals surface area contributed by atoms with Gasteiger partial charge in [-0.2, -0.15) is 0 Å². The van der Waals surface area contributed by atoms with Crippen molar-refractivity contribution >= 4 is 28.5 Å². The minimum absolute atomic E-state index is 0.0531. The zero-order chi connectivity index (χ0) is 13.1. The number of nitrogens with one attached hydrogen (secondary N) is 1. The van der Waals surface area contributed by atoms with E-state index in [2.05, 4.69) is 17.2 Å². The van der Waals surface area contributed by atoms with Crippen LogP contribution in [0.3, 0.4) is 0 Å². The van der Waals surface area contributed by atoms with Gasteiger partial charge in [-0.1, -0.05) is 13.3 Å². The largest absolute Gasteiger partial charge is 0.352 e. The summed E-state index contributed by atoms with van der Waals surface area (Å²) < 4.78 is 1.76. The van der Waals surface area contributed by atoms with Crippen molar-refractivity contribution in [3.8, 4) is 0 Å². The number of aryl methyl sites for hydroxylation is 1. The third-order valence-electron chi connectivity index (χ3n) is 2.90. The van der Waals surface area contributed by atoms with Crippen molar-refractivity contribution in [3.05, 3.63) is 29.0 Å². The fourth-order valence-corrected chi connectivity index (χ4v) is 1.96. The quantitative estimate of drug-likeness (QED) is 0.864. The van der Waals surface area contributed by atoms with Crippen LogP contribution in [0.2, 0.25) is 5.28 Å². The molecule has 5 heteroatoms. The Morgan fingerprint density at radius 3 is 3.00 bits per heavy atom. The van der Waals surface area contributed by atoms with Crippen LogP contribution in [0.4, 0.5) is 0 Å². The van der Waals surface area contributed by atoms with Crippen LogP contribution in [0.15, 0.2) is 18.2 Å². The first-order valence-corrected chi connectivity index (χ1v) is 6.41. The molecule has 1 aromatic carbocycles. The summed E-state index contributed by atoms with van der Waals surface area (Å²) >= 11 is 5.94. The molecule has 1 heterocycles. The van der Waals surface area contributed by atoms with E-state index in [4.69, 9.17) is 11.6 Å². The molecule has 0 aliphatic rings. The average Bonchev–Trinajstić information content (AvgIpc) is 2.65. The number of carbonyl (C=O) groups is 1. The van der Waals surface area contributed by atoms with Crippen molar-refractivity contribution in [1.29, 1.82) is 0 Å². The fourth-order valence-electron chi connectivity index (χ4n) is 1.78. The summed E-state index contributed by atoms with van der Waals surface area (Å²) in [5.41, 5.74) is 2.30. The van der Waals surface area contributed by atoms with Gasteiger partial charge in [0.15, 0.2) is 0 Å². The number of hydrogen-bond acceptors (Lipinski definition) is 2. The topological polar surface area (TPSA) is 46.9 Å². The third-order valence-corrected chi connectivity index (χ3v) is 3.24. The SMILES string of the molecule is CCCCNC(=O)c1ccc2nc(Cl)n(C)c2c1. The highest BCUT2D eigenvalue weighted by atomic mass is 35.5. The molecule has 0 saturated carbocycles. The molecule has 0 saturated heterocycles. The molecule has 1 aromatic heterocycles. The van der Waals surface area contributed by atoms with E-state index in [1.54, 1.807) is 10.6 Å². The number of rotatable bonds is 4. The van der Waals surface area contributed by atoms with Gasteiger partial charge < -0.3 is 9.88 Å². The number of hydrogen-bond donors (Lipinski definition) is 1. The number of aromatic nitrogens is 2. The van der Waals surface area contributed by atoms with Crippen LogP contribution in [0.1, 0.15) is 30.1 Å². The van der Waals surface area contributed by atoms with Crippen LogP contribution in [-0.4, -0.2) is 22.0 Å². The fraction of sp³-hybridized carbons (Fsp3) is 0.385. The number of benzene rings is 1. The molecule has 2 rings (SSSR count). The maximum Gasteiger partial charge on any atom is 0.251 e. The van der Waals surface area contributed by atoms with Crippen LogP contribution < -0.4 is 5.32 Å². The van der Waals surface area contributed by atoms with E-state index in [1.165, 1.54) is 0 Å². The molecule has 0 fully saturated rings. The highest BCUT2D eigenvalue weighted by Crippen LogP contribution is 2.19. The lowest BCUT2D eigenvalue weighted by atomic mass is 10.2. The minimum Gasteiger partial charge on any atom is -0.352 e. The third kappa shape index (κ3) is 2.48. The molecule has 1 N–H and O–H groups in total. The Kier molecular flexibility index (Phi) is 3.87. The zero-order valence-corrected chi connectivity index (χ0v) is 11.3. The molecule has 1 amide bonds. The van der Waals surface area contributed by atoms with Crippen molar-refractivity contribution in [1.82, 2.24) is 14.9 Å². The van der Waals surface area contributed by atoms with Gasteiger partial charge in [0.05, 0.1) is 11.0 Å². The first-order chi connectivity index (χ1) is 8.63. The minimum atomic E-state index is -0.0531. The second-order valence-electron chi connectivity index (χ2n) is 4.25. The molecule has 18 heavy (non-hydrogen) atoms. The molecule has 0 spiro atoms. The summed E-state index contributed by atoms with van der Waals surface area (Å²) in [6.45, 7) is 2.80. The Morgan fingerprint density at radius 1 is 1.50 bits per heavy atom. The number of unbranched alkanes of at least 4 members (excludes halogenated alkanes) is 1. The summed E-state index contributed by atoms with van der Waals surface area (Å²) in [5.74, 6) is -0.0531. The van der Waals surface area contributed by atoms with Crippen molar-refractivity contribution in [2.45, 2.75) is 19.8 Å². The maximum absolute atomic E-state index is 11.9. The van der Waals surface area contributed by atoms with E-state index in [9.17, 15) is 4.79 Å². The summed E-state index contributed by atoms with van der Waals surface area (Å²) in [4.78, 5) is 16.1. The molecule has 0 aliphatic heterocycles. The summed E-state index contributed by atoms with van der Waals surface area (Å²) in [5, 5.41) is 3.31.